The van der Waals surface area contributed by atoms with Crippen molar-refractivity contribution >= 4 is 23.7 Å². The van der Waals surface area contributed by atoms with Gasteiger partial charge in [0.25, 0.3) is 0 Å². The van der Waals surface area contributed by atoms with Crippen LogP contribution in [0.2, 0.25) is 0 Å². The van der Waals surface area contributed by atoms with Gasteiger partial charge in [0, 0.05) is 24.6 Å². The standard InChI is InChI=1S/C32H35F7N2O6/c1-4-40(29(43)20-8-6-19(7-9-20)12-27(42)45-5-2)26-11-10-25(47-32(37,38)39)15-22(26)17-41-18(3)28(46-30(41)44)21-13-23(31(34,35)36)16-24(33)14-21/h10-11,13-16,18-20,28H,4-9,12,17H2,1-3H3/t18-,19?,20?,28-/m0/s1. The van der Waals surface area contributed by atoms with Gasteiger partial charge < -0.3 is 19.1 Å². The Morgan fingerprint density at radius 3 is 2.28 bits per heavy atom. The molecule has 0 unspecified atom stereocenters. The lowest BCUT2D eigenvalue weighted by Crippen LogP contribution is -2.39. The number of carbonyl (C=O) groups excluding carboxylic acids is 3. The van der Waals surface area contributed by atoms with Gasteiger partial charge in [-0.05, 0) is 99.9 Å². The maximum absolute atomic E-state index is 14.2. The van der Waals surface area contributed by atoms with E-state index in [9.17, 15) is 45.1 Å². The highest BCUT2D eigenvalue weighted by atomic mass is 19.4. The first-order valence-corrected chi connectivity index (χ1v) is 15.2. The second kappa shape index (κ2) is 14.4. The molecule has 2 aromatic rings. The molecule has 1 heterocycles. The minimum atomic E-state index is -5.04. The van der Waals surface area contributed by atoms with Crippen molar-refractivity contribution in [3.8, 4) is 5.75 Å². The van der Waals surface area contributed by atoms with Crippen LogP contribution in [-0.4, -0.2) is 48.4 Å². The smallest absolute Gasteiger partial charge is 0.466 e. The van der Waals surface area contributed by atoms with Crippen LogP contribution in [0.15, 0.2) is 36.4 Å². The van der Waals surface area contributed by atoms with E-state index >= 15 is 0 Å². The van der Waals surface area contributed by atoms with E-state index in [0.29, 0.717) is 37.8 Å². The molecule has 8 nitrogen and oxygen atoms in total. The van der Waals surface area contributed by atoms with Crippen LogP contribution in [0.1, 0.15) is 75.7 Å². The largest absolute Gasteiger partial charge is 0.573 e. The van der Waals surface area contributed by atoms with Crippen molar-refractivity contribution in [1.29, 1.82) is 0 Å². The molecule has 2 aliphatic rings. The molecule has 0 radical (unpaired) electrons. The molecule has 2 atom stereocenters. The van der Waals surface area contributed by atoms with Gasteiger partial charge in [0.05, 0.1) is 24.8 Å². The Balaban J connectivity index is 1.60. The van der Waals surface area contributed by atoms with E-state index in [2.05, 4.69) is 4.74 Å². The summed E-state index contributed by atoms with van der Waals surface area (Å²) in [5.74, 6) is -2.77. The summed E-state index contributed by atoms with van der Waals surface area (Å²) in [7, 11) is 0. The lowest BCUT2D eigenvalue weighted by molar-refractivity contribution is -0.274. The first-order valence-electron chi connectivity index (χ1n) is 15.2. The monoisotopic (exact) mass is 676 g/mol. The Morgan fingerprint density at radius 2 is 1.68 bits per heavy atom. The number of ether oxygens (including phenoxy) is 3. The van der Waals surface area contributed by atoms with E-state index in [-0.39, 0.29) is 54.2 Å². The molecule has 0 spiro atoms. The average molecular weight is 677 g/mol. The number of anilines is 1. The molecule has 0 N–H and O–H groups in total. The van der Waals surface area contributed by atoms with Crippen molar-refractivity contribution in [2.75, 3.05) is 18.1 Å². The van der Waals surface area contributed by atoms with Crippen molar-refractivity contribution in [2.24, 2.45) is 11.8 Å². The molecule has 1 aliphatic carbocycles. The third-order valence-electron chi connectivity index (χ3n) is 8.42. The summed E-state index contributed by atoms with van der Waals surface area (Å²) >= 11 is 0. The van der Waals surface area contributed by atoms with E-state index in [1.807, 2.05) is 0 Å². The highest BCUT2D eigenvalue weighted by Crippen LogP contribution is 2.40. The highest BCUT2D eigenvalue weighted by Gasteiger charge is 2.42. The number of esters is 1. The van der Waals surface area contributed by atoms with Crippen molar-refractivity contribution in [1.82, 2.24) is 4.90 Å². The second-order valence-electron chi connectivity index (χ2n) is 11.6. The van der Waals surface area contributed by atoms with Crippen LogP contribution in [0.5, 0.6) is 5.75 Å². The molecule has 15 heteroatoms. The van der Waals surface area contributed by atoms with Crippen LogP contribution in [0.25, 0.3) is 0 Å². The zero-order chi connectivity index (χ0) is 34.7. The maximum atomic E-state index is 14.2. The predicted octanol–water partition coefficient (Wildman–Crippen LogP) is 7.94. The minimum absolute atomic E-state index is 0.0588. The Labute approximate surface area is 266 Å². The lowest BCUT2D eigenvalue weighted by Gasteiger charge is -2.33. The lowest BCUT2D eigenvalue weighted by atomic mass is 9.80. The van der Waals surface area contributed by atoms with Crippen molar-refractivity contribution < 1.29 is 59.3 Å². The van der Waals surface area contributed by atoms with Crippen LogP contribution in [0.3, 0.4) is 0 Å². The molecule has 0 bridgehead atoms. The molecule has 47 heavy (non-hydrogen) atoms. The van der Waals surface area contributed by atoms with Crippen molar-refractivity contribution in [2.45, 2.75) is 84.1 Å². The maximum Gasteiger partial charge on any atom is 0.573 e. The Kier molecular flexibility index (Phi) is 11.0. The minimum Gasteiger partial charge on any atom is -0.466 e. The van der Waals surface area contributed by atoms with Crippen LogP contribution in [0.4, 0.5) is 41.2 Å². The number of hydrogen-bond acceptors (Lipinski definition) is 6. The molecule has 1 saturated carbocycles. The average Bonchev–Trinajstić information content (AvgIpc) is 3.26. The number of cyclic esters (lactones) is 1. The number of hydrogen-bond donors (Lipinski definition) is 0. The molecule has 2 amide bonds. The molecule has 2 aromatic carbocycles. The second-order valence-corrected chi connectivity index (χ2v) is 11.6. The Bertz CT molecular complexity index is 1460. The fraction of sp³-hybridized carbons (Fsp3) is 0.531. The van der Waals surface area contributed by atoms with Crippen LogP contribution in [0, 0.1) is 17.7 Å². The van der Waals surface area contributed by atoms with Gasteiger partial charge in [0.2, 0.25) is 5.91 Å². The third-order valence-corrected chi connectivity index (χ3v) is 8.42. The highest BCUT2D eigenvalue weighted by molar-refractivity contribution is 5.96. The third kappa shape index (κ3) is 8.86. The molecule has 258 valence electrons. The molecule has 0 aromatic heterocycles. The summed E-state index contributed by atoms with van der Waals surface area (Å²) in [6.07, 6.45) is -9.82. The summed E-state index contributed by atoms with van der Waals surface area (Å²) in [6.45, 7) is 4.83. The fourth-order valence-corrected chi connectivity index (χ4v) is 6.17. The van der Waals surface area contributed by atoms with Gasteiger partial charge in [-0.3, -0.25) is 14.5 Å². The molecule has 2 fully saturated rings. The number of alkyl halides is 6. The number of amides is 2. The van der Waals surface area contributed by atoms with Gasteiger partial charge in [-0.1, -0.05) is 0 Å². The zero-order valence-corrected chi connectivity index (χ0v) is 25.9. The number of nitrogens with zero attached hydrogens (tertiary/aromatic N) is 2. The number of halogens is 7. The van der Waals surface area contributed by atoms with E-state index in [4.69, 9.17) is 9.47 Å². The summed E-state index contributed by atoms with van der Waals surface area (Å²) in [4.78, 5) is 41.1. The van der Waals surface area contributed by atoms with Gasteiger partial charge >= 0.3 is 24.6 Å². The topological polar surface area (TPSA) is 85.4 Å². The molecular weight excluding hydrogens is 641 g/mol. The zero-order valence-electron chi connectivity index (χ0n) is 25.9. The van der Waals surface area contributed by atoms with E-state index in [0.717, 1.165) is 23.1 Å². The van der Waals surface area contributed by atoms with Gasteiger partial charge in [-0.2, -0.15) is 13.2 Å². The van der Waals surface area contributed by atoms with Gasteiger partial charge in [-0.15, -0.1) is 13.2 Å². The SMILES string of the molecule is CCOC(=O)CC1CCC(C(=O)N(CC)c2ccc(OC(F)(F)F)cc2CN2C(=O)O[C@H](c3cc(F)cc(C(F)(F)F)c3)[C@@H]2C)CC1. The van der Waals surface area contributed by atoms with Crippen molar-refractivity contribution in [3.63, 3.8) is 0 Å². The summed E-state index contributed by atoms with van der Waals surface area (Å²) < 4.78 is 108. The van der Waals surface area contributed by atoms with Gasteiger partial charge in [0.15, 0.2) is 0 Å². The predicted molar refractivity (Wildman–Crippen MR) is 153 cm³/mol. The van der Waals surface area contributed by atoms with Gasteiger partial charge in [-0.25, -0.2) is 9.18 Å². The van der Waals surface area contributed by atoms with Crippen LogP contribution in [-0.2, 0) is 31.8 Å². The first-order chi connectivity index (χ1) is 22.0. The van der Waals surface area contributed by atoms with E-state index in [1.54, 1.807) is 13.8 Å². The first kappa shape index (κ1) is 35.8. The number of carbonyl (C=O) groups is 3. The van der Waals surface area contributed by atoms with Crippen molar-refractivity contribution in [3.05, 3.63) is 58.9 Å². The van der Waals surface area contributed by atoms with E-state index < -0.39 is 60.4 Å². The summed E-state index contributed by atoms with van der Waals surface area (Å²) in [6, 6.07) is 4.16. The molecular formula is C32H35F7N2O6. The number of benzene rings is 2. The molecule has 4 rings (SSSR count). The van der Waals surface area contributed by atoms with Crippen LogP contribution >= 0.6 is 0 Å². The normalized spacial score (nSPS) is 21.7. The van der Waals surface area contributed by atoms with Crippen LogP contribution < -0.4 is 9.64 Å². The Morgan fingerprint density at radius 1 is 1.00 bits per heavy atom. The molecule has 1 aliphatic heterocycles. The number of rotatable bonds is 10. The fourth-order valence-electron chi connectivity index (χ4n) is 6.17. The van der Waals surface area contributed by atoms with Gasteiger partial charge in [0.1, 0.15) is 17.7 Å². The Hall–Kier alpha value is -4.04. The van der Waals surface area contributed by atoms with E-state index in [1.165, 1.54) is 17.9 Å². The molecule has 1 saturated heterocycles. The summed E-state index contributed by atoms with van der Waals surface area (Å²) in [5, 5.41) is 0. The quantitative estimate of drug-likeness (QED) is 0.188. The summed E-state index contributed by atoms with van der Waals surface area (Å²) in [5.41, 5.74) is -1.24.